The lowest BCUT2D eigenvalue weighted by Gasteiger charge is -2.25. The maximum atomic E-state index is 13.4. The first-order valence-electron chi connectivity index (χ1n) is 13.3. The third kappa shape index (κ3) is 5.16. The van der Waals surface area contributed by atoms with Gasteiger partial charge in [-0.25, -0.2) is 4.57 Å². The number of aliphatic hydroxyl groups is 1. The fourth-order valence-corrected chi connectivity index (χ4v) is 5.15. The minimum absolute atomic E-state index is 0.0592. The summed E-state index contributed by atoms with van der Waals surface area (Å²) in [6, 6.07) is 12.2. The summed E-state index contributed by atoms with van der Waals surface area (Å²) in [5.41, 5.74) is 2.34. The van der Waals surface area contributed by atoms with Gasteiger partial charge in [-0.15, -0.1) is 0 Å². The summed E-state index contributed by atoms with van der Waals surface area (Å²) >= 11 is 0. The minimum Gasteiger partial charge on any atom is -0.507 e. The number of aromatic nitrogens is 2. The molecule has 2 aromatic carbocycles. The van der Waals surface area contributed by atoms with Gasteiger partial charge in [0.05, 0.1) is 24.8 Å². The average molecular weight is 517 g/mol. The molecular weight excluding hydrogens is 482 g/mol. The van der Waals surface area contributed by atoms with Gasteiger partial charge in [0, 0.05) is 24.9 Å². The SMILES string of the molecule is CCCCOc1ccc(C2C(=C(O)c3ccc4c(c3)CC(C)O4)C(=O)C(=O)N2CCC[n+]2cc[nH]c2)cc1. The van der Waals surface area contributed by atoms with Gasteiger partial charge in [0.25, 0.3) is 11.7 Å². The van der Waals surface area contributed by atoms with Gasteiger partial charge < -0.3 is 19.5 Å². The molecule has 8 nitrogen and oxygen atoms in total. The van der Waals surface area contributed by atoms with Crippen LogP contribution in [0.3, 0.4) is 0 Å². The maximum Gasteiger partial charge on any atom is 0.295 e. The normalized spacial score (nSPS) is 20.0. The number of fused-ring (bicyclic) bond motifs is 1. The van der Waals surface area contributed by atoms with Gasteiger partial charge in [0.1, 0.15) is 35.8 Å². The summed E-state index contributed by atoms with van der Waals surface area (Å²) in [6.07, 6.45) is 9.04. The van der Waals surface area contributed by atoms with E-state index in [0.29, 0.717) is 31.7 Å². The molecule has 3 aromatic rings. The van der Waals surface area contributed by atoms with E-state index in [4.69, 9.17) is 9.47 Å². The highest BCUT2D eigenvalue weighted by Gasteiger charge is 2.46. The third-order valence-electron chi connectivity index (χ3n) is 7.09. The number of hydrogen-bond donors (Lipinski definition) is 2. The highest BCUT2D eigenvalue weighted by Crippen LogP contribution is 2.41. The number of aromatic amines is 1. The van der Waals surface area contributed by atoms with Crippen molar-refractivity contribution in [3.05, 3.63) is 83.4 Å². The second-order valence-electron chi connectivity index (χ2n) is 9.92. The van der Waals surface area contributed by atoms with E-state index in [1.165, 1.54) is 0 Å². The number of nitrogens with one attached hydrogen (secondary N) is 1. The van der Waals surface area contributed by atoms with Gasteiger partial charge in [0.2, 0.25) is 6.33 Å². The zero-order chi connectivity index (χ0) is 26.6. The molecule has 0 aliphatic carbocycles. The Hall–Kier alpha value is -4.07. The number of Topliss-reactive ketones (excluding diaryl/α,β-unsaturated/α-hetero) is 1. The number of imidazole rings is 1. The van der Waals surface area contributed by atoms with E-state index in [1.807, 2.05) is 66.6 Å². The van der Waals surface area contributed by atoms with Crippen molar-refractivity contribution < 1.29 is 28.7 Å². The number of carbonyl (C=O) groups excluding carboxylic acids is 2. The Morgan fingerprint density at radius 3 is 2.74 bits per heavy atom. The van der Waals surface area contributed by atoms with Crippen LogP contribution in [0.15, 0.2) is 66.8 Å². The van der Waals surface area contributed by atoms with E-state index >= 15 is 0 Å². The molecule has 2 atom stereocenters. The monoisotopic (exact) mass is 516 g/mol. The highest BCUT2D eigenvalue weighted by atomic mass is 16.5. The number of aryl methyl sites for hydroxylation is 1. The van der Waals surface area contributed by atoms with Gasteiger partial charge in [-0.3, -0.25) is 14.6 Å². The first-order chi connectivity index (χ1) is 18.5. The van der Waals surface area contributed by atoms with Crippen molar-refractivity contribution in [3.8, 4) is 11.5 Å². The molecule has 3 heterocycles. The van der Waals surface area contributed by atoms with Crippen molar-refractivity contribution in [2.24, 2.45) is 0 Å². The number of likely N-dealkylation sites (tertiary alicyclic amines) is 1. The van der Waals surface area contributed by atoms with E-state index in [1.54, 1.807) is 11.0 Å². The molecule has 0 spiro atoms. The summed E-state index contributed by atoms with van der Waals surface area (Å²) in [5, 5.41) is 11.4. The van der Waals surface area contributed by atoms with Crippen LogP contribution in [0.25, 0.3) is 5.76 Å². The maximum absolute atomic E-state index is 13.4. The summed E-state index contributed by atoms with van der Waals surface area (Å²) in [4.78, 5) is 31.2. The van der Waals surface area contributed by atoms with Crippen LogP contribution in [0.1, 0.15) is 55.8 Å². The second kappa shape index (κ2) is 11.1. The molecule has 38 heavy (non-hydrogen) atoms. The van der Waals surface area contributed by atoms with Gasteiger partial charge in [-0.1, -0.05) is 25.5 Å². The lowest BCUT2D eigenvalue weighted by Crippen LogP contribution is -2.36. The number of H-pyrrole nitrogens is 1. The van der Waals surface area contributed by atoms with Crippen LogP contribution in [0.4, 0.5) is 0 Å². The molecule has 0 bridgehead atoms. The standard InChI is InChI=1S/C30H33N3O5/c1-3-4-16-37-24-9-6-21(7-10-24)27-26(28(34)22-8-11-25-23(18-22)17-20(2)38-25)29(35)30(36)33(27)14-5-13-32-15-12-31-19-32/h6-12,15,18-20,27H,3-5,13-14,16-17H2,1-2H3,(H,34,35)/p+1. The molecule has 2 unspecified atom stereocenters. The Morgan fingerprint density at radius 2 is 2.00 bits per heavy atom. The van der Waals surface area contributed by atoms with E-state index in [2.05, 4.69) is 11.9 Å². The number of ketones is 1. The average Bonchev–Trinajstić information content (AvgIpc) is 3.63. The molecule has 8 heteroatoms. The molecule has 5 rings (SSSR count). The fourth-order valence-electron chi connectivity index (χ4n) is 5.15. The Labute approximate surface area is 222 Å². The predicted octanol–water partition coefficient (Wildman–Crippen LogP) is 4.32. The molecule has 0 saturated carbocycles. The number of hydrogen-bond acceptors (Lipinski definition) is 5. The first-order valence-corrected chi connectivity index (χ1v) is 13.3. The van der Waals surface area contributed by atoms with Crippen molar-refractivity contribution >= 4 is 17.4 Å². The number of benzene rings is 2. The van der Waals surface area contributed by atoms with Crippen molar-refractivity contribution in [3.63, 3.8) is 0 Å². The van der Waals surface area contributed by atoms with E-state index in [-0.39, 0.29) is 17.4 Å². The summed E-state index contributed by atoms with van der Waals surface area (Å²) < 4.78 is 13.6. The van der Waals surface area contributed by atoms with Gasteiger partial charge in [-0.2, -0.15) is 0 Å². The molecule has 1 saturated heterocycles. The second-order valence-corrected chi connectivity index (χ2v) is 9.92. The van der Waals surface area contributed by atoms with Gasteiger partial charge in [-0.05, 0) is 54.8 Å². The number of amides is 1. The zero-order valence-electron chi connectivity index (χ0n) is 21.9. The third-order valence-corrected chi connectivity index (χ3v) is 7.09. The number of rotatable bonds is 10. The van der Waals surface area contributed by atoms with E-state index in [9.17, 15) is 14.7 Å². The molecule has 2 aliphatic heterocycles. The van der Waals surface area contributed by atoms with E-state index < -0.39 is 17.7 Å². The number of unbranched alkanes of at least 4 members (excludes halogenated alkanes) is 1. The van der Waals surface area contributed by atoms with Crippen molar-refractivity contribution in [1.29, 1.82) is 0 Å². The Bertz CT molecular complexity index is 1330. The molecular formula is C30H34N3O5+. The first kappa shape index (κ1) is 25.6. The molecule has 1 fully saturated rings. The Morgan fingerprint density at radius 1 is 1.18 bits per heavy atom. The largest absolute Gasteiger partial charge is 0.507 e. The van der Waals surface area contributed by atoms with Crippen LogP contribution < -0.4 is 14.0 Å². The minimum atomic E-state index is -0.695. The number of carbonyl (C=O) groups is 2. The summed E-state index contributed by atoms with van der Waals surface area (Å²) in [7, 11) is 0. The lowest BCUT2D eigenvalue weighted by atomic mass is 9.94. The smallest absolute Gasteiger partial charge is 0.295 e. The van der Waals surface area contributed by atoms with Crippen LogP contribution in [0.5, 0.6) is 11.5 Å². The Balaban J connectivity index is 1.48. The van der Waals surface area contributed by atoms with Gasteiger partial charge >= 0.3 is 0 Å². The summed E-state index contributed by atoms with van der Waals surface area (Å²) in [6.45, 7) is 5.79. The van der Waals surface area contributed by atoms with Crippen LogP contribution >= 0.6 is 0 Å². The molecule has 2 aliphatic rings. The predicted molar refractivity (Wildman–Crippen MR) is 142 cm³/mol. The molecule has 1 aromatic heterocycles. The zero-order valence-corrected chi connectivity index (χ0v) is 21.9. The van der Waals surface area contributed by atoms with Crippen LogP contribution in [-0.4, -0.2) is 45.9 Å². The number of aliphatic hydroxyl groups excluding tert-OH is 1. The highest BCUT2D eigenvalue weighted by molar-refractivity contribution is 6.46. The number of nitrogens with zero attached hydrogens (tertiary/aromatic N) is 2. The Kier molecular flexibility index (Phi) is 7.49. The summed E-state index contributed by atoms with van der Waals surface area (Å²) in [5.74, 6) is 0.0800. The van der Waals surface area contributed by atoms with Crippen LogP contribution in [0, 0.1) is 0 Å². The quantitative estimate of drug-likeness (QED) is 0.138. The van der Waals surface area contributed by atoms with Crippen molar-refractivity contribution in [2.75, 3.05) is 13.2 Å². The molecule has 2 N–H and O–H groups in total. The van der Waals surface area contributed by atoms with E-state index in [0.717, 1.165) is 41.9 Å². The molecule has 1 amide bonds. The van der Waals surface area contributed by atoms with Gasteiger partial charge in [0.15, 0.2) is 0 Å². The van der Waals surface area contributed by atoms with Crippen molar-refractivity contribution in [1.82, 2.24) is 9.88 Å². The lowest BCUT2D eigenvalue weighted by molar-refractivity contribution is -0.695. The topological polar surface area (TPSA) is 95.7 Å². The van der Waals surface area contributed by atoms with Crippen LogP contribution in [0.2, 0.25) is 0 Å². The van der Waals surface area contributed by atoms with Crippen LogP contribution in [-0.2, 0) is 22.6 Å². The molecule has 0 radical (unpaired) electrons. The fraction of sp³-hybridized carbons (Fsp3) is 0.367. The number of ether oxygens (including phenoxy) is 2. The van der Waals surface area contributed by atoms with Crippen molar-refractivity contribution in [2.45, 2.75) is 58.2 Å². The molecule has 198 valence electrons.